The standard InChI is InChI=1S/C8H11ClO2/c9-5-1-3-7(10)8-4-2-6-11-8/h2,4,6-7,10H,1,3,5H2. The number of rotatable bonds is 4. The molecule has 3 heteroatoms. The lowest BCUT2D eigenvalue weighted by Gasteiger charge is -2.04. The van der Waals surface area contributed by atoms with Gasteiger partial charge in [0.2, 0.25) is 0 Å². The normalized spacial score (nSPS) is 13.3. The van der Waals surface area contributed by atoms with E-state index in [0.717, 1.165) is 6.42 Å². The van der Waals surface area contributed by atoms with Gasteiger partial charge in [0.25, 0.3) is 0 Å². The van der Waals surface area contributed by atoms with Gasteiger partial charge in [-0.3, -0.25) is 0 Å². The second-order valence-electron chi connectivity index (χ2n) is 2.36. The highest BCUT2D eigenvalue weighted by Gasteiger charge is 2.08. The SMILES string of the molecule is OC(CCCCl)c1ccco1. The van der Waals surface area contributed by atoms with Crippen LogP contribution in [0.4, 0.5) is 0 Å². The summed E-state index contributed by atoms with van der Waals surface area (Å²) in [6, 6.07) is 3.53. The molecule has 11 heavy (non-hydrogen) atoms. The Morgan fingerprint density at radius 1 is 1.64 bits per heavy atom. The Bertz CT molecular complexity index is 184. The molecule has 0 spiro atoms. The van der Waals surface area contributed by atoms with Crippen molar-refractivity contribution in [2.75, 3.05) is 5.88 Å². The Balaban J connectivity index is 2.36. The maximum Gasteiger partial charge on any atom is 0.132 e. The highest BCUT2D eigenvalue weighted by molar-refractivity contribution is 6.17. The number of hydrogen-bond donors (Lipinski definition) is 1. The monoisotopic (exact) mass is 174 g/mol. The summed E-state index contributed by atoms with van der Waals surface area (Å²) >= 11 is 5.47. The predicted octanol–water partition coefficient (Wildman–Crippen LogP) is 2.33. The molecular formula is C8H11ClO2. The van der Waals surface area contributed by atoms with Crippen molar-refractivity contribution in [3.63, 3.8) is 0 Å². The van der Waals surface area contributed by atoms with Gasteiger partial charge < -0.3 is 9.52 Å². The minimum Gasteiger partial charge on any atom is -0.467 e. The van der Waals surface area contributed by atoms with Crippen LogP contribution in [-0.4, -0.2) is 11.0 Å². The van der Waals surface area contributed by atoms with Gasteiger partial charge in [-0.15, -0.1) is 11.6 Å². The van der Waals surface area contributed by atoms with Gasteiger partial charge in [-0.1, -0.05) is 0 Å². The van der Waals surface area contributed by atoms with Crippen LogP contribution in [0.25, 0.3) is 0 Å². The van der Waals surface area contributed by atoms with Crippen molar-refractivity contribution < 1.29 is 9.52 Å². The number of aliphatic hydroxyl groups is 1. The molecular weight excluding hydrogens is 164 g/mol. The third-order valence-electron chi connectivity index (χ3n) is 1.48. The van der Waals surface area contributed by atoms with Gasteiger partial charge in [0, 0.05) is 5.88 Å². The largest absolute Gasteiger partial charge is 0.467 e. The van der Waals surface area contributed by atoms with Crippen LogP contribution < -0.4 is 0 Å². The van der Waals surface area contributed by atoms with E-state index in [-0.39, 0.29) is 0 Å². The zero-order valence-corrected chi connectivity index (χ0v) is 6.92. The van der Waals surface area contributed by atoms with E-state index in [1.54, 1.807) is 18.4 Å². The highest BCUT2D eigenvalue weighted by Crippen LogP contribution is 2.18. The summed E-state index contributed by atoms with van der Waals surface area (Å²) in [5, 5.41) is 9.39. The predicted molar refractivity (Wildman–Crippen MR) is 43.6 cm³/mol. The molecule has 0 saturated heterocycles. The number of hydrogen-bond acceptors (Lipinski definition) is 2. The molecule has 1 rings (SSSR count). The third-order valence-corrected chi connectivity index (χ3v) is 1.75. The molecule has 0 aliphatic carbocycles. The number of halogens is 1. The second kappa shape index (κ2) is 4.42. The van der Waals surface area contributed by atoms with Gasteiger partial charge >= 0.3 is 0 Å². The molecule has 0 saturated carbocycles. The maximum absolute atomic E-state index is 9.39. The summed E-state index contributed by atoms with van der Waals surface area (Å²) in [6.07, 6.45) is 2.53. The Labute approximate surface area is 70.8 Å². The number of alkyl halides is 1. The Morgan fingerprint density at radius 3 is 3.00 bits per heavy atom. The topological polar surface area (TPSA) is 33.4 Å². The fraction of sp³-hybridized carbons (Fsp3) is 0.500. The smallest absolute Gasteiger partial charge is 0.132 e. The zero-order valence-electron chi connectivity index (χ0n) is 6.16. The summed E-state index contributed by atoms with van der Waals surface area (Å²) < 4.78 is 5.00. The Morgan fingerprint density at radius 2 is 2.45 bits per heavy atom. The van der Waals surface area contributed by atoms with Gasteiger partial charge in [-0.2, -0.15) is 0 Å². The van der Waals surface area contributed by atoms with Crippen LogP contribution in [0.1, 0.15) is 24.7 Å². The van der Waals surface area contributed by atoms with E-state index in [4.69, 9.17) is 16.0 Å². The minimum atomic E-state index is -0.497. The van der Waals surface area contributed by atoms with Crippen LogP contribution in [0.15, 0.2) is 22.8 Å². The lowest BCUT2D eigenvalue weighted by molar-refractivity contribution is 0.139. The van der Waals surface area contributed by atoms with Crippen molar-refractivity contribution in [2.45, 2.75) is 18.9 Å². The molecule has 1 aromatic heterocycles. The van der Waals surface area contributed by atoms with E-state index < -0.39 is 6.10 Å². The quantitative estimate of drug-likeness (QED) is 0.711. The summed E-state index contributed by atoms with van der Waals surface area (Å²) in [6.45, 7) is 0. The molecule has 0 fully saturated rings. The molecule has 0 bridgehead atoms. The van der Waals surface area contributed by atoms with Crippen molar-refractivity contribution in [3.05, 3.63) is 24.2 Å². The maximum atomic E-state index is 9.39. The fourth-order valence-electron chi connectivity index (χ4n) is 0.894. The van der Waals surface area contributed by atoms with E-state index in [1.165, 1.54) is 0 Å². The number of furan rings is 1. The number of aliphatic hydroxyl groups excluding tert-OH is 1. The lowest BCUT2D eigenvalue weighted by atomic mass is 10.2. The van der Waals surface area contributed by atoms with Crippen molar-refractivity contribution in [1.82, 2.24) is 0 Å². The molecule has 1 unspecified atom stereocenters. The van der Waals surface area contributed by atoms with E-state index in [2.05, 4.69) is 0 Å². The molecule has 0 aliphatic rings. The summed E-state index contributed by atoms with van der Waals surface area (Å²) in [7, 11) is 0. The van der Waals surface area contributed by atoms with Crippen molar-refractivity contribution >= 4 is 11.6 Å². The van der Waals surface area contributed by atoms with E-state index in [1.807, 2.05) is 0 Å². The van der Waals surface area contributed by atoms with Crippen LogP contribution in [0.5, 0.6) is 0 Å². The molecule has 1 aromatic rings. The Hall–Kier alpha value is -0.470. The molecule has 0 amide bonds. The average Bonchev–Trinajstić information content (AvgIpc) is 2.52. The van der Waals surface area contributed by atoms with Gasteiger partial charge in [-0.05, 0) is 25.0 Å². The van der Waals surface area contributed by atoms with Crippen LogP contribution in [0, 0.1) is 0 Å². The fourth-order valence-corrected chi connectivity index (χ4v) is 1.05. The molecule has 1 atom stereocenters. The molecule has 0 radical (unpaired) electrons. The molecule has 1 N–H and O–H groups in total. The zero-order chi connectivity index (χ0) is 8.10. The van der Waals surface area contributed by atoms with Crippen LogP contribution in [0.3, 0.4) is 0 Å². The molecule has 62 valence electrons. The Kier molecular flexibility index (Phi) is 3.46. The summed E-state index contributed by atoms with van der Waals surface area (Å²) in [5.74, 6) is 1.20. The molecule has 0 aliphatic heterocycles. The highest BCUT2D eigenvalue weighted by atomic mass is 35.5. The van der Waals surface area contributed by atoms with Crippen LogP contribution in [0.2, 0.25) is 0 Å². The van der Waals surface area contributed by atoms with E-state index >= 15 is 0 Å². The first-order valence-electron chi connectivity index (χ1n) is 3.62. The molecule has 0 aromatic carbocycles. The van der Waals surface area contributed by atoms with Gasteiger partial charge in [0.05, 0.1) is 6.26 Å². The van der Waals surface area contributed by atoms with E-state index in [9.17, 15) is 5.11 Å². The van der Waals surface area contributed by atoms with Crippen LogP contribution in [-0.2, 0) is 0 Å². The molecule has 1 heterocycles. The van der Waals surface area contributed by atoms with Crippen molar-refractivity contribution in [3.8, 4) is 0 Å². The van der Waals surface area contributed by atoms with Gasteiger partial charge in [0.1, 0.15) is 11.9 Å². The van der Waals surface area contributed by atoms with Gasteiger partial charge in [-0.25, -0.2) is 0 Å². The first-order chi connectivity index (χ1) is 5.34. The minimum absolute atomic E-state index is 0.497. The second-order valence-corrected chi connectivity index (χ2v) is 2.74. The summed E-state index contributed by atoms with van der Waals surface area (Å²) in [4.78, 5) is 0. The lowest BCUT2D eigenvalue weighted by Crippen LogP contribution is -1.95. The first kappa shape index (κ1) is 8.62. The molecule has 2 nitrogen and oxygen atoms in total. The van der Waals surface area contributed by atoms with Crippen molar-refractivity contribution in [2.24, 2.45) is 0 Å². The first-order valence-corrected chi connectivity index (χ1v) is 4.15. The summed E-state index contributed by atoms with van der Waals surface area (Å²) in [5.41, 5.74) is 0. The average molecular weight is 175 g/mol. The van der Waals surface area contributed by atoms with E-state index in [0.29, 0.717) is 18.1 Å². The third kappa shape index (κ3) is 2.56. The van der Waals surface area contributed by atoms with Gasteiger partial charge in [0.15, 0.2) is 0 Å². The van der Waals surface area contributed by atoms with Crippen LogP contribution >= 0.6 is 11.6 Å². The van der Waals surface area contributed by atoms with Crippen molar-refractivity contribution in [1.29, 1.82) is 0 Å².